The van der Waals surface area contributed by atoms with Crippen LogP contribution < -0.4 is 10.1 Å². The van der Waals surface area contributed by atoms with Crippen molar-refractivity contribution in [3.8, 4) is 5.75 Å². The van der Waals surface area contributed by atoms with E-state index in [0.717, 1.165) is 4.47 Å². The van der Waals surface area contributed by atoms with E-state index in [2.05, 4.69) is 36.1 Å². The highest BCUT2D eigenvalue weighted by Gasteiger charge is 2.18. The fraction of sp³-hybridized carbons (Fsp3) is 0.214. The Hall–Kier alpha value is -2.07. The van der Waals surface area contributed by atoms with Crippen molar-refractivity contribution in [2.75, 3.05) is 5.32 Å². The molecule has 3 rings (SSSR count). The summed E-state index contributed by atoms with van der Waals surface area (Å²) in [6.07, 6.45) is 3.28. The third kappa shape index (κ3) is 3.70. The predicted octanol–water partition coefficient (Wildman–Crippen LogP) is 4.06. The van der Waals surface area contributed by atoms with Gasteiger partial charge in [0.25, 0.3) is 5.91 Å². The second-order valence-electron chi connectivity index (χ2n) is 4.83. The van der Waals surface area contributed by atoms with Gasteiger partial charge in [0.15, 0.2) is 5.13 Å². The maximum absolute atomic E-state index is 12.3. The third-order valence-electron chi connectivity index (χ3n) is 3.16. The lowest BCUT2D eigenvalue weighted by Gasteiger charge is -2.10. The maximum Gasteiger partial charge on any atom is 0.387 e. The zero-order valence-electron chi connectivity index (χ0n) is 12.2. The number of ether oxygens (including phenoxy) is 1. The summed E-state index contributed by atoms with van der Waals surface area (Å²) in [5.74, 6) is -0.234. The second-order valence-corrected chi connectivity index (χ2v) is 6.78. The Morgan fingerprint density at radius 3 is 2.92 bits per heavy atom. The van der Waals surface area contributed by atoms with E-state index in [1.165, 1.54) is 28.2 Å². The van der Waals surface area contributed by atoms with Gasteiger partial charge in [0.05, 0.1) is 20.9 Å². The molecule has 0 bridgehead atoms. The highest BCUT2D eigenvalue weighted by atomic mass is 79.9. The molecule has 1 aromatic carbocycles. The summed E-state index contributed by atoms with van der Waals surface area (Å²) in [4.78, 5) is 16.5. The van der Waals surface area contributed by atoms with Gasteiger partial charge < -0.3 is 10.1 Å². The van der Waals surface area contributed by atoms with Gasteiger partial charge in [0, 0.05) is 6.20 Å². The molecule has 0 saturated carbocycles. The van der Waals surface area contributed by atoms with Crippen LogP contribution >= 0.6 is 27.3 Å². The van der Waals surface area contributed by atoms with Gasteiger partial charge in [-0.25, -0.2) is 4.98 Å². The fourth-order valence-electron chi connectivity index (χ4n) is 1.99. The number of aromatic nitrogens is 3. The van der Waals surface area contributed by atoms with Gasteiger partial charge in [-0.1, -0.05) is 11.3 Å². The van der Waals surface area contributed by atoms with E-state index < -0.39 is 12.7 Å². The number of fused-ring (bicyclic) bond motifs is 1. The monoisotopic (exact) mass is 416 g/mol. The molecule has 6 nitrogen and oxygen atoms in total. The van der Waals surface area contributed by atoms with Crippen molar-refractivity contribution in [2.24, 2.45) is 0 Å². The lowest BCUT2D eigenvalue weighted by molar-refractivity contribution is -0.119. The molecule has 0 aliphatic carbocycles. The molecular weight excluding hydrogens is 406 g/mol. The largest absolute Gasteiger partial charge is 0.435 e. The van der Waals surface area contributed by atoms with Gasteiger partial charge in [-0.15, -0.1) is 0 Å². The molecule has 2 heterocycles. The molecule has 126 valence electrons. The van der Waals surface area contributed by atoms with Crippen molar-refractivity contribution in [3.05, 3.63) is 35.1 Å². The highest BCUT2D eigenvalue weighted by Crippen LogP contribution is 2.30. The normalized spacial score (nSPS) is 12.5. The van der Waals surface area contributed by atoms with Crippen LogP contribution in [-0.4, -0.2) is 27.3 Å². The molecule has 0 fully saturated rings. The van der Waals surface area contributed by atoms with E-state index in [1.54, 1.807) is 25.4 Å². The van der Waals surface area contributed by atoms with E-state index in [0.29, 0.717) is 15.3 Å². The predicted molar refractivity (Wildman–Crippen MR) is 89.5 cm³/mol. The summed E-state index contributed by atoms with van der Waals surface area (Å²) in [6, 6.07) is 3.90. The van der Waals surface area contributed by atoms with E-state index in [4.69, 9.17) is 0 Å². The van der Waals surface area contributed by atoms with E-state index in [9.17, 15) is 13.6 Å². The number of rotatable bonds is 5. The minimum atomic E-state index is -2.89. The lowest BCUT2D eigenvalue weighted by atomic mass is 10.3. The second kappa shape index (κ2) is 6.81. The molecule has 24 heavy (non-hydrogen) atoms. The summed E-state index contributed by atoms with van der Waals surface area (Å²) in [7, 11) is 0. The lowest BCUT2D eigenvalue weighted by Crippen LogP contribution is -2.23. The molecule has 0 spiro atoms. The zero-order chi connectivity index (χ0) is 17.3. The number of hydrogen-bond donors (Lipinski definition) is 1. The van der Waals surface area contributed by atoms with E-state index >= 15 is 0 Å². The number of nitrogens with one attached hydrogen (secondary N) is 1. The number of carbonyl (C=O) groups is 1. The minimum Gasteiger partial charge on any atom is -0.435 e. The molecule has 0 aliphatic heterocycles. The first-order chi connectivity index (χ1) is 11.4. The fourth-order valence-corrected chi connectivity index (χ4v) is 3.19. The average Bonchev–Trinajstić information content (AvgIpc) is 3.11. The number of nitrogens with zero attached hydrogens (tertiary/aromatic N) is 3. The number of anilines is 1. The number of carbonyl (C=O) groups excluding carboxylic acids is 1. The van der Waals surface area contributed by atoms with Crippen molar-refractivity contribution in [1.29, 1.82) is 0 Å². The first kappa shape index (κ1) is 16.8. The van der Waals surface area contributed by atoms with Crippen LogP contribution in [0, 0.1) is 0 Å². The van der Waals surface area contributed by atoms with Gasteiger partial charge in [-0.2, -0.15) is 13.9 Å². The van der Waals surface area contributed by atoms with Crippen LogP contribution in [0.3, 0.4) is 0 Å². The van der Waals surface area contributed by atoms with Crippen molar-refractivity contribution < 1.29 is 18.3 Å². The van der Waals surface area contributed by atoms with Gasteiger partial charge in [-0.05, 0) is 41.1 Å². The highest BCUT2D eigenvalue weighted by molar-refractivity contribution is 9.10. The van der Waals surface area contributed by atoms with E-state index in [1.807, 2.05) is 0 Å². The maximum atomic E-state index is 12.3. The Morgan fingerprint density at radius 1 is 1.46 bits per heavy atom. The average molecular weight is 417 g/mol. The summed E-state index contributed by atoms with van der Waals surface area (Å²) >= 11 is 4.45. The van der Waals surface area contributed by atoms with Gasteiger partial charge in [0.1, 0.15) is 11.8 Å². The number of benzene rings is 1. The Bertz CT molecular complexity index is 883. The topological polar surface area (TPSA) is 69.0 Å². The first-order valence-corrected chi connectivity index (χ1v) is 8.39. The molecule has 1 atom stereocenters. The molecule has 1 unspecified atom stereocenters. The number of hydrogen-bond acceptors (Lipinski definition) is 5. The molecule has 0 radical (unpaired) electrons. The summed E-state index contributed by atoms with van der Waals surface area (Å²) in [5, 5.41) is 7.14. The van der Waals surface area contributed by atoms with Crippen LogP contribution in [0.15, 0.2) is 35.1 Å². The van der Waals surface area contributed by atoms with Gasteiger partial charge in [0.2, 0.25) is 0 Å². The molecule has 3 aromatic rings. The van der Waals surface area contributed by atoms with Crippen LogP contribution in [0.25, 0.3) is 10.2 Å². The Morgan fingerprint density at radius 2 is 2.25 bits per heavy atom. The van der Waals surface area contributed by atoms with Crippen molar-refractivity contribution in [2.45, 2.75) is 19.6 Å². The molecule has 1 amide bonds. The molecule has 10 heteroatoms. The Balaban J connectivity index is 1.76. The van der Waals surface area contributed by atoms with Gasteiger partial charge in [-0.3, -0.25) is 9.48 Å². The van der Waals surface area contributed by atoms with Crippen molar-refractivity contribution >= 4 is 48.5 Å². The Labute approximate surface area is 147 Å². The summed E-state index contributed by atoms with van der Waals surface area (Å²) < 4.78 is 31.8. The van der Waals surface area contributed by atoms with Gasteiger partial charge >= 0.3 is 6.61 Å². The molecule has 0 aliphatic rings. The van der Waals surface area contributed by atoms with Crippen molar-refractivity contribution in [1.82, 2.24) is 14.8 Å². The molecular formula is C14H11BrF2N4O2S. The minimum absolute atomic E-state index is 0.0498. The smallest absolute Gasteiger partial charge is 0.387 e. The van der Waals surface area contributed by atoms with Crippen LogP contribution in [-0.2, 0) is 4.79 Å². The standard InChI is InChI=1S/C14H11BrF2N4O2S/c1-7(21-6-8(15)5-18-21)12(22)20-14-19-10-3-2-9(23-13(16)17)4-11(10)24-14/h2-7,13H,1H3,(H,19,20,22). The van der Waals surface area contributed by atoms with E-state index in [-0.39, 0.29) is 11.7 Å². The van der Waals surface area contributed by atoms with Crippen LogP contribution in [0.4, 0.5) is 13.9 Å². The van der Waals surface area contributed by atoms with Crippen LogP contribution in [0.1, 0.15) is 13.0 Å². The van der Waals surface area contributed by atoms with Crippen molar-refractivity contribution in [3.63, 3.8) is 0 Å². The van der Waals surface area contributed by atoms with Crippen LogP contribution in [0.5, 0.6) is 5.75 Å². The zero-order valence-corrected chi connectivity index (χ0v) is 14.6. The first-order valence-electron chi connectivity index (χ1n) is 6.78. The van der Waals surface area contributed by atoms with Crippen LogP contribution in [0.2, 0.25) is 0 Å². The number of thiazole rings is 1. The number of halogens is 3. The molecule has 2 aromatic heterocycles. The SMILES string of the molecule is CC(C(=O)Nc1nc2ccc(OC(F)F)cc2s1)n1cc(Br)cn1. The summed E-state index contributed by atoms with van der Waals surface area (Å²) in [5.41, 5.74) is 0.589. The molecule has 0 saturated heterocycles. The molecule has 1 N–H and O–H groups in total. The third-order valence-corrected chi connectivity index (χ3v) is 4.50. The summed E-state index contributed by atoms with van der Waals surface area (Å²) in [6.45, 7) is -1.18. The number of alkyl halides is 2. The quantitative estimate of drug-likeness (QED) is 0.680. The number of amides is 1. The Kier molecular flexibility index (Phi) is 4.76.